The van der Waals surface area contributed by atoms with Crippen molar-refractivity contribution in [2.45, 2.75) is 13.0 Å². The zero-order chi connectivity index (χ0) is 16.9. The van der Waals surface area contributed by atoms with Crippen LogP contribution in [0.25, 0.3) is 5.69 Å². The number of amides is 1. The summed E-state index contributed by atoms with van der Waals surface area (Å²) in [6.45, 7) is 1.91. The molecule has 6 nitrogen and oxygen atoms in total. The van der Waals surface area contributed by atoms with Crippen molar-refractivity contribution in [3.05, 3.63) is 77.9 Å². The summed E-state index contributed by atoms with van der Waals surface area (Å²) in [5.41, 5.74) is 2.81. The number of hydrogen-bond donors (Lipinski definition) is 1. The number of nitrogens with one attached hydrogen (secondary N) is 1. The molecule has 1 heterocycles. The molecule has 1 N–H and O–H groups in total. The van der Waals surface area contributed by atoms with Crippen molar-refractivity contribution < 1.29 is 4.79 Å². The highest BCUT2D eigenvalue weighted by atomic mass is 16.1. The molecule has 24 heavy (non-hydrogen) atoms. The minimum Gasteiger partial charge on any atom is -0.346 e. The first-order valence-corrected chi connectivity index (χ1v) is 7.43. The number of aromatic nitrogens is 3. The summed E-state index contributed by atoms with van der Waals surface area (Å²) in [5.74, 6) is -0.208. The Balaban J connectivity index is 1.71. The van der Waals surface area contributed by atoms with Crippen molar-refractivity contribution >= 4 is 5.91 Å². The maximum Gasteiger partial charge on any atom is 0.251 e. The molecule has 1 aromatic heterocycles. The van der Waals surface area contributed by atoms with Crippen molar-refractivity contribution in [3.63, 3.8) is 0 Å². The van der Waals surface area contributed by atoms with Gasteiger partial charge in [-0.05, 0) is 42.8 Å². The van der Waals surface area contributed by atoms with Gasteiger partial charge in [0, 0.05) is 5.56 Å². The maximum atomic E-state index is 12.3. The Morgan fingerprint density at radius 1 is 1.25 bits per heavy atom. The van der Waals surface area contributed by atoms with E-state index in [2.05, 4.69) is 15.4 Å². The van der Waals surface area contributed by atoms with Crippen LogP contribution in [0.3, 0.4) is 0 Å². The molecule has 0 aliphatic carbocycles. The third-order valence-corrected chi connectivity index (χ3v) is 3.68. The molecular weight excluding hydrogens is 302 g/mol. The zero-order valence-corrected chi connectivity index (χ0v) is 13.0. The quantitative estimate of drug-likeness (QED) is 0.801. The average Bonchev–Trinajstić information content (AvgIpc) is 3.16. The number of benzene rings is 2. The molecule has 0 saturated carbocycles. The van der Waals surface area contributed by atoms with E-state index < -0.39 is 0 Å². The summed E-state index contributed by atoms with van der Waals surface area (Å²) < 4.78 is 1.67. The fourth-order valence-electron chi connectivity index (χ4n) is 2.35. The molecule has 0 fully saturated rings. The largest absolute Gasteiger partial charge is 0.346 e. The maximum absolute atomic E-state index is 12.3. The fourth-order valence-corrected chi connectivity index (χ4v) is 2.35. The van der Waals surface area contributed by atoms with Gasteiger partial charge in [-0.25, -0.2) is 9.67 Å². The van der Waals surface area contributed by atoms with Crippen LogP contribution in [-0.4, -0.2) is 20.7 Å². The van der Waals surface area contributed by atoms with Gasteiger partial charge in [-0.2, -0.15) is 10.4 Å². The van der Waals surface area contributed by atoms with Crippen molar-refractivity contribution in [1.29, 1.82) is 5.26 Å². The van der Waals surface area contributed by atoms with E-state index in [1.54, 1.807) is 35.3 Å². The number of nitrogens with zero attached hydrogens (tertiary/aromatic N) is 4. The number of hydrogen-bond acceptors (Lipinski definition) is 4. The molecule has 0 aliphatic rings. The first-order chi connectivity index (χ1) is 11.7. The third kappa shape index (κ3) is 3.31. The van der Waals surface area contributed by atoms with Gasteiger partial charge in [-0.3, -0.25) is 4.79 Å². The standard InChI is InChI=1S/C18H15N5O/c1-13(22-18(24)16-4-2-3-14(9-16)10-19)15-5-7-17(8-6-15)23-12-20-11-21-23/h2-9,11-13H,1H3,(H,22,24)/t13-/m0/s1. The van der Waals surface area contributed by atoms with Gasteiger partial charge >= 0.3 is 0 Å². The summed E-state index contributed by atoms with van der Waals surface area (Å²) >= 11 is 0. The second kappa shape index (κ2) is 6.75. The third-order valence-electron chi connectivity index (χ3n) is 3.68. The summed E-state index contributed by atoms with van der Waals surface area (Å²) in [6, 6.07) is 16.2. The van der Waals surface area contributed by atoms with Crippen molar-refractivity contribution in [2.75, 3.05) is 0 Å². The topological polar surface area (TPSA) is 83.6 Å². The summed E-state index contributed by atoms with van der Waals surface area (Å²) in [5, 5.41) is 15.9. The van der Waals surface area contributed by atoms with Crippen LogP contribution in [-0.2, 0) is 0 Å². The van der Waals surface area contributed by atoms with Crippen molar-refractivity contribution in [2.24, 2.45) is 0 Å². The molecule has 0 spiro atoms. The van der Waals surface area contributed by atoms with Gasteiger partial charge in [-0.1, -0.05) is 18.2 Å². The van der Waals surface area contributed by atoms with Crippen LogP contribution >= 0.6 is 0 Å². The van der Waals surface area contributed by atoms with Crippen LogP contribution in [0.2, 0.25) is 0 Å². The van der Waals surface area contributed by atoms with E-state index in [1.165, 1.54) is 6.33 Å². The minimum atomic E-state index is -0.208. The number of rotatable bonds is 4. The highest BCUT2D eigenvalue weighted by Crippen LogP contribution is 2.16. The molecule has 1 amide bonds. The molecule has 6 heteroatoms. The molecule has 0 aliphatic heterocycles. The molecule has 1 atom stereocenters. The lowest BCUT2D eigenvalue weighted by atomic mass is 10.1. The number of nitriles is 1. The molecule has 0 bridgehead atoms. The van der Waals surface area contributed by atoms with E-state index in [0.29, 0.717) is 11.1 Å². The highest BCUT2D eigenvalue weighted by Gasteiger charge is 2.12. The van der Waals surface area contributed by atoms with E-state index in [9.17, 15) is 4.79 Å². The Morgan fingerprint density at radius 2 is 2.04 bits per heavy atom. The van der Waals surface area contributed by atoms with E-state index >= 15 is 0 Å². The minimum absolute atomic E-state index is 0.159. The van der Waals surface area contributed by atoms with Crippen molar-refractivity contribution in [1.82, 2.24) is 20.1 Å². The predicted octanol–water partition coefficient (Wildman–Crippen LogP) is 2.63. The van der Waals surface area contributed by atoms with Crippen LogP contribution in [0.1, 0.15) is 34.5 Å². The second-order valence-corrected chi connectivity index (χ2v) is 5.32. The SMILES string of the molecule is C[C@H](NC(=O)c1cccc(C#N)c1)c1ccc(-n2cncn2)cc1. The molecule has 0 saturated heterocycles. The molecule has 118 valence electrons. The Morgan fingerprint density at radius 3 is 2.71 bits per heavy atom. The zero-order valence-electron chi connectivity index (χ0n) is 13.0. The predicted molar refractivity (Wildman–Crippen MR) is 88.4 cm³/mol. The van der Waals surface area contributed by atoms with Gasteiger partial charge in [-0.15, -0.1) is 0 Å². The van der Waals surface area contributed by atoms with Crippen LogP contribution in [0.4, 0.5) is 0 Å². The molecule has 0 radical (unpaired) electrons. The molecule has 2 aromatic carbocycles. The van der Waals surface area contributed by atoms with Gasteiger partial charge in [0.05, 0.1) is 23.4 Å². The van der Waals surface area contributed by atoms with Crippen LogP contribution in [0, 0.1) is 11.3 Å². The van der Waals surface area contributed by atoms with Gasteiger partial charge in [0.2, 0.25) is 0 Å². The first-order valence-electron chi connectivity index (χ1n) is 7.43. The van der Waals surface area contributed by atoms with Gasteiger partial charge in [0.15, 0.2) is 0 Å². The van der Waals surface area contributed by atoms with Crippen LogP contribution in [0.5, 0.6) is 0 Å². The first kappa shape index (κ1) is 15.4. The summed E-state index contributed by atoms with van der Waals surface area (Å²) in [7, 11) is 0. The lowest BCUT2D eigenvalue weighted by Gasteiger charge is -2.15. The number of carbonyl (C=O) groups excluding carboxylic acids is 1. The summed E-state index contributed by atoms with van der Waals surface area (Å²) in [4.78, 5) is 16.2. The Labute approximate surface area is 139 Å². The van der Waals surface area contributed by atoms with E-state index in [1.807, 2.05) is 37.3 Å². The van der Waals surface area contributed by atoms with Crippen molar-refractivity contribution in [3.8, 4) is 11.8 Å². The average molecular weight is 317 g/mol. The Bertz CT molecular complexity index is 879. The highest BCUT2D eigenvalue weighted by molar-refractivity contribution is 5.94. The fraction of sp³-hybridized carbons (Fsp3) is 0.111. The van der Waals surface area contributed by atoms with E-state index in [4.69, 9.17) is 5.26 Å². The molecule has 3 aromatic rings. The Kier molecular flexibility index (Phi) is 4.34. The smallest absolute Gasteiger partial charge is 0.251 e. The van der Waals surface area contributed by atoms with Crippen LogP contribution < -0.4 is 5.32 Å². The lowest BCUT2D eigenvalue weighted by Crippen LogP contribution is -2.26. The monoisotopic (exact) mass is 317 g/mol. The van der Waals surface area contributed by atoms with E-state index in [-0.39, 0.29) is 11.9 Å². The van der Waals surface area contributed by atoms with E-state index in [0.717, 1.165) is 11.3 Å². The lowest BCUT2D eigenvalue weighted by molar-refractivity contribution is 0.0940. The van der Waals surface area contributed by atoms with Gasteiger partial charge in [0.25, 0.3) is 5.91 Å². The molecule has 3 rings (SSSR count). The normalized spacial score (nSPS) is 11.5. The van der Waals surface area contributed by atoms with Crippen LogP contribution in [0.15, 0.2) is 61.2 Å². The van der Waals surface area contributed by atoms with Gasteiger partial charge < -0.3 is 5.32 Å². The second-order valence-electron chi connectivity index (χ2n) is 5.32. The molecule has 0 unspecified atom stereocenters. The number of carbonyl (C=O) groups is 1. The summed E-state index contributed by atoms with van der Waals surface area (Å²) in [6.07, 6.45) is 3.11. The molecular formula is C18H15N5O. The Hall–Kier alpha value is -3.46. The van der Waals surface area contributed by atoms with Gasteiger partial charge in [0.1, 0.15) is 12.7 Å².